The molecule has 0 bridgehead atoms. The summed E-state index contributed by atoms with van der Waals surface area (Å²) in [6, 6.07) is 10.7. The summed E-state index contributed by atoms with van der Waals surface area (Å²) in [4.78, 5) is 12.5. The molecule has 1 aromatic heterocycles. The lowest BCUT2D eigenvalue weighted by atomic mass is 10.1. The van der Waals surface area contributed by atoms with Gasteiger partial charge in [-0.05, 0) is 49.7 Å². The van der Waals surface area contributed by atoms with Crippen LogP contribution in [0.2, 0.25) is 10.0 Å². The first-order chi connectivity index (χ1) is 13.8. The fourth-order valence-corrected chi connectivity index (χ4v) is 3.86. The van der Waals surface area contributed by atoms with Gasteiger partial charge in [-0.2, -0.15) is 0 Å². The van der Waals surface area contributed by atoms with Crippen LogP contribution in [0, 0.1) is 5.82 Å². The second kappa shape index (κ2) is 9.02. The molecule has 3 rings (SSSR count). The van der Waals surface area contributed by atoms with Gasteiger partial charge in [0, 0.05) is 10.6 Å². The number of aromatic nitrogens is 3. The Morgan fingerprint density at radius 1 is 1.17 bits per heavy atom. The number of nitrogens with one attached hydrogen (secondary N) is 1. The van der Waals surface area contributed by atoms with E-state index in [2.05, 4.69) is 15.5 Å². The normalized spacial score (nSPS) is 13.1. The number of thioether (sulfide) groups is 1. The van der Waals surface area contributed by atoms with Crippen LogP contribution in [0.1, 0.15) is 25.5 Å². The van der Waals surface area contributed by atoms with E-state index in [9.17, 15) is 9.18 Å². The topological polar surface area (TPSA) is 85.8 Å². The van der Waals surface area contributed by atoms with Crippen LogP contribution in [0.3, 0.4) is 0 Å². The number of carbonyl (C=O) groups excluding carboxylic acids is 1. The Hall–Kier alpha value is -2.29. The number of hydrogen-bond acceptors (Lipinski definition) is 5. The van der Waals surface area contributed by atoms with Gasteiger partial charge in [-0.1, -0.05) is 47.1 Å². The highest BCUT2D eigenvalue weighted by Crippen LogP contribution is 2.31. The first kappa shape index (κ1) is 21.4. The molecule has 2 atom stereocenters. The molecule has 10 heteroatoms. The summed E-state index contributed by atoms with van der Waals surface area (Å²) in [6.07, 6.45) is 0. The van der Waals surface area contributed by atoms with Crippen molar-refractivity contribution in [2.75, 3.05) is 5.84 Å². The average Bonchev–Trinajstić information content (AvgIpc) is 3.02. The summed E-state index contributed by atoms with van der Waals surface area (Å²) in [7, 11) is 0. The SMILES string of the molecule is CC(Sc1nnc(-c2ccc(Cl)cc2Cl)n1N)C(=O)NC(C)c1ccc(F)cc1. The van der Waals surface area contributed by atoms with Gasteiger partial charge >= 0.3 is 0 Å². The van der Waals surface area contributed by atoms with Crippen molar-refractivity contribution in [3.8, 4) is 11.4 Å². The van der Waals surface area contributed by atoms with Gasteiger partial charge in [-0.15, -0.1) is 10.2 Å². The van der Waals surface area contributed by atoms with Gasteiger partial charge in [-0.25, -0.2) is 9.07 Å². The Bertz CT molecular complexity index is 1030. The highest BCUT2D eigenvalue weighted by Gasteiger charge is 2.22. The molecule has 0 saturated heterocycles. The molecule has 6 nitrogen and oxygen atoms in total. The van der Waals surface area contributed by atoms with E-state index in [4.69, 9.17) is 29.0 Å². The smallest absolute Gasteiger partial charge is 0.233 e. The summed E-state index contributed by atoms with van der Waals surface area (Å²) >= 11 is 13.3. The van der Waals surface area contributed by atoms with E-state index in [0.717, 1.165) is 5.56 Å². The summed E-state index contributed by atoms with van der Waals surface area (Å²) in [5, 5.41) is 11.8. The number of amides is 1. The maximum Gasteiger partial charge on any atom is 0.233 e. The number of nitrogens with two attached hydrogens (primary N) is 1. The van der Waals surface area contributed by atoms with Gasteiger partial charge < -0.3 is 11.2 Å². The molecular weight excluding hydrogens is 436 g/mol. The molecule has 3 N–H and O–H groups in total. The van der Waals surface area contributed by atoms with E-state index < -0.39 is 5.25 Å². The van der Waals surface area contributed by atoms with Gasteiger partial charge in [0.2, 0.25) is 11.1 Å². The van der Waals surface area contributed by atoms with Crippen molar-refractivity contribution >= 4 is 40.9 Å². The standard InChI is InChI=1S/C19H18Cl2FN5OS/c1-10(12-3-6-14(22)7-4-12)24-18(28)11(2)29-19-26-25-17(27(19)23)15-8-5-13(20)9-16(15)21/h3-11H,23H2,1-2H3,(H,24,28). The average molecular weight is 454 g/mol. The predicted molar refractivity (Wildman–Crippen MR) is 114 cm³/mol. The zero-order chi connectivity index (χ0) is 21.1. The first-order valence-corrected chi connectivity index (χ1v) is 10.3. The van der Waals surface area contributed by atoms with Gasteiger partial charge in [0.25, 0.3) is 0 Å². The van der Waals surface area contributed by atoms with E-state index in [0.29, 0.717) is 26.6 Å². The third kappa shape index (κ3) is 5.01. The number of carbonyl (C=O) groups is 1. The first-order valence-electron chi connectivity index (χ1n) is 8.64. The number of nitrogens with zero attached hydrogens (tertiary/aromatic N) is 3. The minimum absolute atomic E-state index is 0.207. The van der Waals surface area contributed by atoms with E-state index in [1.165, 1.54) is 28.6 Å². The molecule has 1 heterocycles. The van der Waals surface area contributed by atoms with Crippen molar-refractivity contribution in [2.45, 2.75) is 30.3 Å². The third-order valence-corrected chi connectivity index (χ3v) is 5.82. The third-order valence-electron chi connectivity index (χ3n) is 4.22. The number of rotatable bonds is 6. The monoisotopic (exact) mass is 453 g/mol. The van der Waals surface area contributed by atoms with E-state index >= 15 is 0 Å². The maximum atomic E-state index is 13.1. The Morgan fingerprint density at radius 2 is 1.86 bits per heavy atom. The van der Waals surface area contributed by atoms with Crippen LogP contribution in [0.5, 0.6) is 0 Å². The molecule has 0 fully saturated rings. The number of hydrogen-bond donors (Lipinski definition) is 2. The zero-order valence-electron chi connectivity index (χ0n) is 15.6. The Morgan fingerprint density at radius 3 is 2.52 bits per heavy atom. The lowest BCUT2D eigenvalue weighted by Gasteiger charge is -2.17. The van der Waals surface area contributed by atoms with E-state index in [1.54, 1.807) is 37.3 Å². The molecule has 2 unspecified atom stereocenters. The Kier molecular flexibility index (Phi) is 6.66. The second-order valence-electron chi connectivity index (χ2n) is 6.34. The van der Waals surface area contributed by atoms with Crippen LogP contribution in [-0.2, 0) is 4.79 Å². The van der Waals surface area contributed by atoms with Crippen LogP contribution in [0.4, 0.5) is 4.39 Å². The molecule has 152 valence electrons. The summed E-state index contributed by atoms with van der Waals surface area (Å²) in [6.45, 7) is 3.57. The molecule has 1 amide bonds. The van der Waals surface area contributed by atoms with Crippen molar-refractivity contribution in [3.63, 3.8) is 0 Å². The van der Waals surface area contributed by atoms with Gasteiger partial charge in [0.1, 0.15) is 5.82 Å². The lowest BCUT2D eigenvalue weighted by molar-refractivity contribution is -0.120. The van der Waals surface area contributed by atoms with Gasteiger partial charge in [-0.3, -0.25) is 4.79 Å². The summed E-state index contributed by atoms with van der Waals surface area (Å²) < 4.78 is 14.3. The molecule has 0 spiro atoms. The van der Waals surface area contributed by atoms with Crippen LogP contribution in [0.15, 0.2) is 47.6 Å². The highest BCUT2D eigenvalue weighted by atomic mass is 35.5. The summed E-state index contributed by atoms with van der Waals surface area (Å²) in [5.74, 6) is 5.94. The molecule has 3 aromatic rings. The van der Waals surface area contributed by atoms with Crippen molar-refractivity contribution in [1.29, 1.82) is 0 Å². The van der Waals surface area contributed by atoms with Crippen molar-refractivity contribution < 1.29 is 9.18 Å². The van der Waals surface area contributed by atoms with E-state index in [1.807, 2.05) is 6.92 Å². The lowest BCUT2D eigenvalue weighted by Crippen LogP contribution is -2.33. The van der Waals surface area contributed by atoms with Gasteiger partial charge in [0.15, 0.2) is 5.82 Å². The molecule has 2 aromatic carbocycles. The highest BCUT2D eigenvalue weighted by molar-refractivity contribution is 8.00. The minimum atomic E-state index is -0.488. The largest absolute Gasteiger partial charge is 0.349 e. The van der Waals surface area contributed by atoms with Crippen LogP contribution >= 0.6 is 35.0 Å². The maximum absolute atomic E-state index is 13.1. The molecule has 0 radical (unpaired) electrons. The van der Waals surface area contributed by atoms with Gasteiger partial charge in [0.05, 0.1) is 16.3 Å². The second-order valence-corrected chi connectivity index (χ2v) is 8.49. The zero-order valence-corrected chi connectivity index (χ0v) is 17.9. The fourth-order valence-electron chi connectivity index (χ4n) is 2.59. The molecule has 0 saturated carbocycles. The van der Waals surface area contributed by atoms with E-state index in [-0.39, 0.29) is 17.8 Å². The minimum Gasteiger partial charge on any atom is -0.349 e. The van der Waals surface area contributed by atoms with Crippen molar-refractivity contribution in [3.05, 3.63) is 63.9 Å². The number of benzene rings is 2. The molecule has 0 aliphatic heterocycles. The van der Waals surface area contributed by atoms with Crippen LogP contribution in [-0.4, -0.2) is 26.0 Å². The predicted octanol–water partition coefficient (Wildman–Crippen LogP) is 4.46. The quantitative estimate of drug-likeness (QED) is 0.424. The Balaban J connectivity index is 1.69. The molecular formula is C19H18Cl2FN5OS. The van der Waals surface area contributed by atoms with Crippen LogP contribution < -0.4 is 11.2 Å². The Labute approximate surface area is 181 Å². The summed E-state index contributed by atoms with van der Waals surface area (Å²) in [5.41, 5.74) is 1.39. The van der Waals surface area contributed by atoms with Crippen molar-refractivity contribution in [2.24, 2.45) is 0 Å². The molecule has 0 aliphatic rings. The number of halogens is 3. The molecule has 0 aliphatic carbocycles. The fraction of sp³-hybridized carbons (Fsp3) is 0.211. The molecule has 29 heavy (non-hydrogen) atoms. The van der Waals surface area contributed by atoms with Crippen molar-refractivity contribution in [1.82, 2.24) is 20.2 Å². The number of nitrogen functional groups attached to an aromatic ring is 1. The van der Waals surface area contributed by atoms with Crippen LogP contribution in [0.25, 0.3) is 11.4 Å².